The molecule has 18 heavy (non-hydrogen) atoms. The Labute approximate surface area is 109 Å². The average Bonchev–Trinajstić information content (AvgIpc) is 2.25. The zero-order valence-electron chi connectivity index (χ0n) is 11.5. The van der Waals surface area contributed by atoms with Crippen LogP contribution in [0, 0.1) is 13.8 Å². The normalized spacial score (nSPS) is 17.4. The number of carbonyl (C=O) groups is 1. The number of hydrogen-bond acceptors (Lipinski definition) is 2. The van der Waals surface area contributed by atoms with E-state index >= 15 is 0 Å². The predicted octanol–water partition coefficient (Wildman–Crippen LogP) is 2.26. The Morgan fingerprint density at radius 1 is 1.33 bits per heavy atom. The molecule has 2 rings (SSSR count). The number of nitrogens with zero attached hydrogens (tertiary/aromatic N) is 1. The van der Waals surface area contributed by atoms with Crippen molar-refractivity contribution >= 4 is 5.91 Å². The van der Waals surface area contributed by atoms with Gasteiger partial charge in [-0.2, -0.15) is 0 Å². The van der Waals surface area contributed by atoms with Gasteiger partial charge in [0.25, 0.3) is 5.91 Å². The van der Waals surface area contributed by atoms with Gasteiger partial charge < -0.3 is 10.6 Å². The highest BCUT2D eigenvalue weighted by molar-refractivity contribution is 5.97. The van der Waals surface area contributed by atoms with Gasteiger partial charge in [0.1, 0.15) is 0 Å². The van der Waals surface area contributed by atoms with Crippen molar-refractivity contribution in [2.45, 2.75) is 39.2 Å². The number of amides is 1. The molecule has 98 valence electrons. The molecule has 3 heteroatoms. The SMILES string of the molecule is CCCC1(N)CN(C(=O)c2c(C)cccc2C)C1. The maximum Gasteiger partial charge on any atom is 0.254 e. The van der Waals surface area contributed by atoms with E-state index in [-0.39, 0.29) is 11.4 Å². The molecule has 0 unspecified atom stereocenters. The fourth-order valence-electron chi connectivity index (χ4n) is 2.82. The lowest BCUT2D eigenvalue weighted by molar-refractivity contribution is 0.0385. The Bertz CT molecular complexity index is 441. The summed E-state index contributed by atoms with van der Waals surface area (Å²) in [5, 5.41) is 0. The highest BCUT2D eigenvalue weighted by Crippen LogP contribution is 2.26. The third-order valence-electron chi connectivity index (χ3n) is 3.74. The lowest BCUT2D eigenvalue weighted by Gasteiger charge is -2.48. The van der Waals surface area contributed by atoms with Gasteiger partial charge in [0.15, 0.2) is 0 Å². The van der Waals surface area contributed by atoms with Crippen molar-refractivity contribution in [3.8, 4) is 0 Å². The third-order valence-corrected chi connectivity index (χ3v) is 3.74. The van der Waals surface area contributed by atoms with Gasteiger partial charge in [0, 0.05) is 18.7 Å². The molecule has 1 aromatic carbocycles. The van der Waals surface area contributed by atoms with E-state index in [0.717, 1.165) is 29.5 Å². The first-order valence-corrected chi connectivity index (χ1v) is 6.61. The summed E-state index contributed by atoms with van der Waals surface area (Å²) in [6.07, 6.45) is 2.06. The smallest absolute Gasteiger partial charge is 0.254 e. The molecule has 0 aliphatic carbocycles. The molecule has 1 aliphatic rings. The summed E-state index contributed by atoms with van der Waals surface area (Å²) in [7, 11) is 0. The molecule has 3 nitrogen and oxygen atoms in total. The molecule has 0 bridgehead atoms. The largest absolute Gasteiger partial charge is 0.335 e. The summed E-state index contributed by atoms with van der Waals surface area (Å²) in [6, 6.07) is 5.96. The summed E-state index contributed by atoms with van der Waals surface area (Å²) in [5.41, 5.74) is 8.99. The first-order valence-electron chi connectivity index (χ1n) is 6.61. The Balaban J connectivity index is 2.11. The van der Waals surface area contributed by atoms with Crippen LogP contribution in [0.2, 0.25) is 0 Å². The molecular weight excluding hydrogens is 224 g/mol. The molecule has 1 amide bonds. The second-order valence-electron chi connectivity index (χ2n) is 5.54. The summed E-state index contributed by atoms with van der Waals surface area (Å²) >= 11 is 0. The van der Waals surface area contributed by atoms with Crippen molar-refractivity contribution in [1.29, 1.82) is 0 Å². The maximum absolute atomic E-state index is 12.4. The maximum atomic E-state index is 12.4. The van der Waals surface area contributed by atoms with Gasteiger partial charge >= 0.3 is 0 Å². The topological polar surface area (TPSA) is 46.3 Å². The van der Waals surface area contributed by atoms with Gasteiger partial charge in [0.05, 0.1) is 5.54 Å². The molecule has 1 aromatic rings. The van der Waals surface area contributed by atoms with Crippen LogP contribution in [-0.4, -0.2) is 29.4 Å². The highest BCUT2D eigenvalue weighted by Gasteiger charge is 2.41. The minimum Gasteiger partial charge on any atom is -0.335 e. The van der Waals surface area contributed by atoms with Crippen LogP contribution in [0.5, 0.6) is 0 Å². The van der Waals surface area contributed by atoms with Crippen LogP contribution in [0.1, 0.15) is 41.3 Å². The molecule has 0 radical (unpaired) electrons. The quantitative estimate of drug-likeness (QED) is 0.889. The van der Waals surface area contributed by atoms with E-state index in [0.29, 0.717) is 13.1 Å². The summed E-state index contributed by atoms with van der Waals surface area (Å²) in [4.78, 5) is 14.3. The molecule has 0 spiro atoms. The fraction of sp³-hybridized carbons (Fsp3) is 0.533. The van der Waals surface area contributed by atoms with Gasteiger partial charge in [-0.25, -0.2) is 0 Å². The van der Waals surface area contributed by atoms with E-state index < -0.39 is 0 Å². The number of hydrogen-bond donors (Lipinski definition) is 1. The van der Waals surface area contributed by atoms with Gasteiger partial charge in [-0.1, -0.05) is 31.5 Å². The fourth-order valence-corrected chi connectivity index (χ4v) is 2.82. The zero-order chi connectivity index (χ0) is 13.3. The Kier molecular flexibility index (Phi) is 3.44. The van der Waals surface area contributed by atoms with E-state index in [9.17, 15) is 4.79 Å². The molecule has 0 saturated carbocycles. The molecule has 1 saturated heterocycles. The molecular formula is C15H22N2O. The lowest BCUT2D eigenvalue weighted by Crippen LogP contribution is -2.68. The number of benzene rings is 1. The number of likely N-dealkylation sites (tertiary alicyclic amines) is 1. The van der Waals surface area contributed by atoms with E-state index in [1.165, 1.54) is 0 Å². The zero-order valence-corrected chi connectivity index (χ0v) is 11.5. The van der Waals surface area contributed by atoms with E-state index in [2.05, 4.69) is 6.92 Å². The van der Waals surface area contributed by atoms with Gasteiger partial charge in [0.2, 0.25) is 0 Å². The van der Waals surface area contributed by atoms with Gasteiger partial charge in [-0.3, -0.25) is 4.79 Å². The first kappa shape index (κ1) is 13.1. The second-order valence-corrected chi connectivity index (χ2v) is 5.54. The minimum absolute atomic E-state index is 0.128. The van der Waals surface area contributed by atoms with Crippen molar-refractivity contribution in [3.63, 3.8) is 0 Å². The third kappa shape index (κ3) is 2.27. The van der Waals surface area contributed by atoms with E-state index in [1.54, 1.807) is 0 Å². The Hall–Kier alpha value is -1.35. The molecule has 1 aliphatic heterocycles. The first-order chi connectivity index (χ1) is 8.47. The lowest BCUT2D eigenvalue weighted by atomic mass is 9.85. The van der Waals surface area contributed by atoms with Crippen molar-refractivity contribution in [3.05, 3.63) is 34.9 Å². The van der Waals surface area contributed by atoms with Crippen LogP contribution < -0.4 is 5.73 Å². The summed E-state index contributed by atoms with van der Waals surface area (Å²) < 4.78 is 0. The Morgan fingerprint density at radius 3 is 2.39 bits per heavy atom. The van der Waals surface area contributed by atoms with Gasteiger partial charge in [-0.05, 0) is 31.4 Å². The number of carbonyl (C=O) groups excluding carboxylic acids is 1. The average molecular weight is 246 g/mol. The van der Waals surface area contributed by atoms with Crippen molar-refractivity contribution in [2.24, 2.45) is 5.73 Å². The number of rotatable bonds is 3. The van der Waals surface area contributed by atoms with Crippen molar-refractivity contribution < 1.29 is 4.79 Å². The van der Waals surface area contributed by atoms with Crippen LogP contribution in [0.3, 0.4) is 0 Å². The van der Waals surface area contributed by atoms with Crippen LogP contribution in [0.25, 0.3) is 0 Å². The number of aryl methyl sites for hydroxylation is 2. The van der Waals surface area contributed by atoms with Crippen molar-refractivity contribution in [2.75, 3.05) is 13.1 Å². The summed E-state index contributed by atoms with van der Waals surface area (Å²) in [5.74, 6) is 0.128. The predicted molar refractivity (Wildman–Crippen MR) is 73.6 cm³/mol. The monoisotopic (exact) mass is 246 g/mol. The molecule has 1 fully saturated rings. The second kappa shape index (κ2) is 4.73. The standard InChI is InChI=1S/C15H22N2O/c1-4-8-15(16)9-17(10-15)14(18)13-11(2)6-5-7-12(13)3/h5-7H,4,8-10,16H2,1-3H3. The highest BCUT2D eigenvalue weighted by atomic mass is 16.2. The van der Waals surface area contributed by atoms with E-state index in [1.807, 2.05) is 36.9 Å². The van der Waals surface area contributed by atoms with Crippen LogP contribution in [-0.2, 0) is 0 Å². The van der Waals surface area contributed by atoms with Crippen LogP contribution in [0.15, 0.2) is 18.2 Å². The molecule has 1 heterocycles. The molecule has 0 aromatic heterocycles. The van der Waals surface area contributed by atoms with Gasteiger partial charge in [-0.15, -0.1) is 0 Å². The van der Waals surface area contributed by atoms with Crippen LogP contribution >= 0.6 is 0 Å². The molecule has 2 N–H and O–H groups in total. The van der Waals surface area contributed by atoms with Crippen LogP contribution in [0.4, 0.5) is 0 Å². The van der Waals surface area contributed by atoms with E-state index in [4.69, 9.17) is 5.73 Å². The van der Waals surface area contributed by atoms with Crippen molar-refractivity contribution in [1.82, 2.24) is 4.90 Å². The summed E-state index contributed by atoms with van der Waals surface area (Å²) in [6.45, 7) is 7.48. The Morgan fingerprint density at radius 2 is 1.89 bits per heavy atom. The molecule has 0 atom stereocenters. The number of nitrogens with two attached hydrogens (primary N) is 1. The minimum atomic E-state index is -0.152.